The first kappa shape index (κ1) is 21.6. The highest BCUT2D eigenvalue weighted by molar-refractivity contribution is 5.95. The maximum Gasteiger partial charge on any atom is 0.433 e. The molecule has 1 saturated heterocycles. The maximum absolute atomic E-state index is 13.4. The van der Waals surface area contributed by atoms with Crippen molar-refractivity contribution in [3.63, 3.8) is 0 Å². The van der Waals surface area contributed by atoms with E-state index >= 15 is 0 Å². The van der Waals surface area contributed by atoms with Gasteiger partial charge in [0.05, 0.1) is 11.8 Å². The van der Waals surface area contributed by atoms with Crippen LogP contribution in [0.25, 0.3) is 0 Å². The van der Waals surface area contributed by atoms with Crippen molar-refractivity contribution in [3.8, 4) is 0 Å². The summed E-state index contributed by atoms with van der Waals surface area (Å²) in [6, 6.07) is 4.56. The molecule has 1 aliphatic rings. The standard InChI is InChI=1S/C19H21F4N5O2/c1-2-28-16(19(21,22)23)15(11-24-28)17(29)27-9-7-14(8-10-27)26-18(30)25-13-5-3-12(20)4-6-13/h3-6,11,14H,2,7-10H2,1H3,(H2,25,26,30). The number of carbonyl (C=O) groups is 2. The molecule has 0 unspecified atom stereocenters. The molecule has 2 aromatic rings. The number of carbonyl (C=O) groups excluding carboxylic acids is 2. The van der Waals surface area contributed by atoms with Gasteiger partial charge >= 0.3 is 12.2 Å². The number of nitrogens with one attached hydrogen (secondary N) is 2. The van der Waals surface area contributed by atoms with Crippen molar-refractivity contribution < 1.29 is 27.2 Å². The molecule has 30 heavy (non-hydrogen) atoms. The number of urea groups is 1. The van der Waals surface area contributed by atoms with Crippen molar-refractivity contribution in [1.82, 2.24) is 20.0 Å². The predicted octanol–water partition coefficient (Wildman–Crippen LogP) is 3.49. The number of benzene rings is 1. The Labute approximate surface area is 170 Å². The molecule has 0 saturated carbocycles. The molecule has 3 amide bonds. The number of hydrogen-bond acceptors (Lipinski definition) is 3. The number of rotatable bonds is 4. The third kappa shape index (κ3) is 4.89. The van der Waals surface area contributed by atoms with E-state index in [1.165, 1.54) is 36.1 Å². The van der Waals surface area contributed by atoms with Gasteiger partial charge < -0.3 is 15.5 Å². The van der Waals surface area contributed by atoms with Crippen LogP contribution in [0.15, 0.2) is 30.5 Å². The Hall–Kier alpha value is -3.11. The van der Waals surface area contributed by atoms with Gasteiger partial charge in [-0.1, -0.05) is 0 Å². The van der Waals surface area contributed by atoms with Crippen LogP contribution >= 0.6 is 0 Å². The average Bonchev–Trinajstić information content (AvgIpc) is 3.14. The van der Waals surface area contributed by atoms with E-state index in [4.69, 9.17) is 0 Å². The summed E-state index contributed by atoms with van der Waals surface area (Å²) in [7, 11) is 0. The fourth-order valence-corrected chi connectivity index (χ4v) is 3.36. The normalized spacial score (nSPS) is 15.2. The van der Waals surface area contributed by atoms with Crippen molar-refractivity contribution in [1.29, 1.82) is 0 Å². The van der Waals surface area contributed by atoms with Gasteiger partial charge in [-0.05, 0) is 44.0 Å². The fraction of sp³-hybridized carbons (Fsp3) is 0.421. The van der Waals surface area contributed by atoms with Gasteiger partial charge in [-0.2, -0.15) is 18.3 Å². The summed E-state index contributed by atoms with van der Waals surface area (Å²) in [5, 5.41) is 9.01. The van der Waals surface area contributed by atoms with E-state index in [1.54, 1.807) is 0 Å². The molecule has 0 spiro atoms. The number of anilines is 1. The van der Waals surface area contributed by atoms with E-state index < -0.39 is 35.2 Å². The zero-order chi connectivity index (χ0) is 21.9. The van der Waals surface area contributed by atoms with Crippen molar-refractivity contribution in [2.24, 2.45) is 0 Å². The highest BCUT2D eigenvalue weighted by atomic mass is 19.4. The predicted molar refractivity (Wildman–Crippen MR) is 100 cm³/mol. The molecule has 0 bridgehead atoms. The first-order valence-corrected chi connectivity index (χ1v) is 9.44. The fourth-order valence-electron chi connectivity index (χ4n) is 3.36. The lowest BCUT2D eigenvalue weighted by molar-refractivity contribution is -0.144. The molecule has 7 nitrogen and oxygen atoms in total. The van der Waals surface area contributed by atoms with Crippen LogP contribution in [0, 0.1) is 5.82 Å². The summed E-state index contributed by atoms with van der Waals surface area (Å²) in [5.74, 6) is -1.15. The number of nitrogens with zero attached hydrogens (tertiary/aromatic N) is 3. The van der Waals surface area contributed by atoms with Gasteiger partial charge in [0.15, 0.2) is 5.69 Å². The minimum Gasteiger partial charge on any atom is -0.338 e. The number of amides is 3. The zero-order valence-electron chi connectivity index (χ0n) is 16.2. The molecule has 1 fully saturated rings. The number of alkyl halides is 3. The average molecular weight is 427 g/mol. The van der Waals surface area contributed by atoms with Gasteiger partial charge in [0.2, 0.25) is 0 Å². The lowest BCUT2D eigenvalue weighted by Gasteiger charge is -2.32. The Morgan fingerprint density at radius 3 is 2.37 bits per heavy atom. The number of aromatic nitrogens is 2. The molecule has 1 aliphatic heterocycles. The van der Waals surface area contributed by atoms with Gasteiger partial charge in [-0.15, -0.1) is 0 Å². The van der Waals surface area contributed by atoms with E-state index in [-0.39, 0.29) is 25.7 Å². The smallest absolute Gasteiger partial charge is 0.338 e. The number of likely N-dealkylation sites (tertiary alicyclic amines) is 1. The van der Waals surface area contributed by atoms with E-state index in [1.807, 2.05) is 0 Å². The molecule has 1 aromatic carbocycles. The second-order valence-corrected chi connectivity index (χ2v) is 6.89. The summed E-state index contributed by atoms with van der Waals surface area (Å²) in [6.07, 6.45) is -2.94. The van der Waals surface area contributed by atoms with Gasteiger partial charge in [-0.25, -0.2) is 9.18 Å². The lowest BCUT2D eigenvalue weighted by Crippen LogP contribution is -2.47. The monoisotopic (exact) mass is 427 g/mol. The van der Waals surface area contributed by atoms with Gasteiger partial charge in [0.25, 0.3) is 5.91 Å². The van der Waals surface area contributed by atoms with Gasteiger partial charge in [-0.3, -0.25) is 9.48 Å². The topological polar surface area (TPSA) is 79.3 Å². The Balaban J connectivity index is 1.57. The van der Waals surface area contributed by atoms with E-state index in [2.05, 4.69) is 15.7 Å². The molecule has 3 rings (SSSR count). The van der Waals surface area contributed by atoms with Crippen molar-refractivity contribution in [2.75, 3.05) is 18.4 Å². The van der Waals surface area contributed by atoms with Crippen LogP contribution in [0.3, 0.4) is 0 Å². The first-order chi connectivity index (χ1) is 14.2. The minimum absolute atomic E-state index is 0.00269. The van der Waals surface area contributed by atoms with Crippen LogP contribution in [0.1, 0.15) is 35.8 Å². The molecular weight excluding hydrogens is 406 g/mol. The molecule has 162 valence electrons. The highest BCUT2D eigenvalue weighted by Crippen LogP contribution is 2.33. The molecule has 0 aliphatic carbocycles. The first-order valence-electron chi connectivity index (χ1n) is 9.44. The molecule has 2 heterocycles. The van der Waals surface area contributed by atoms with Crippen LogP contribution in [-0.4, -0.2) is 45.8 Å². The third-order valence-electron chi connectivity index (χ3n) is 4.86. The summed E-state index contributed by atoms with van der Waals surface area (Å²) >= 11 is 0. The van der Waals surface area contributed by atoms with E-state index in [0.29, 0.717) is 18.5 Å². The Kier molecular flexibility index (Phi) is 6.28. The second-order valence-electron chi connectivity index (χ2n) is 6.89. The van der Waals surface area contributed by atoms with Crippen molar-refractivity contribution in [3.05, 3.63) is 47.5 Å². The van der Waals surface area contributed by atoms with Crippen molar-refractivity contribution in [2.45, 2.75) is 38.5 Å². The Bertz CT molecular complexity index is 903. The minimum atomic E-state index is -4.68. The highest BCUT2D eigenvalue weighted by Gasteiger charge is 2.41. The molecule has 2 N–H and O–H groups in total. The Morgan fingerprint density at radius 1 is 1.17 bits per heavy atom. The molecular formula is C19H21F4N5O2. The van der Waals surface area contributed by atoms with Crippen LogP contribution in [0.2, 0.25) is 0 Å². The number of halogens is 4. The van der Waals surface area contributed by atoms with E-state index in [9.17, 15) is 27.2 Å². The van der Waals surface area contributed by atoms with Gasteiger partial charge in [0.1, 0.15) is 5.82 Å². The number of hydrogen-bond donors (Lipinski definition) is 2. The summed E-state index contributed by atoms with van der Waals surface area (Å²) in [5.41, 5.74) is -1.09. The maximum atomic E-state index is 13.4. The van der Waals surface area contributed by atoms with Gasteiger partial charge in [0, 0.05) is 31.4 Å². The second kappa shape index (κ2) is 8.72. The van der Waals surface area contributed by atoms with Crippen molar-refractivity contribution >= 4 is 17.6 Å². The molecule has 11 heteroatoms. The van der Waals surface area contributed by atoms with Crippen LogP contribution < -0.4 is 10.6 Å². The van der Waals surface area contributed by atoms with Crippen LogP contribution in [-0.2, 0) is 12.7 Å². The summed E-state index contributed by atoms with van der Waals surface area (Å²) in [4.78, 5) is 26.0. The molecule has 1 aromatic heterocycles. The lowest BCUT2D eigenvalue weighted by atomic mass is 10.0. The number of aryl methyl sites for hydroxylation is 1. The third-order valence-corrected chi connectivity index (χ3v) is 4.86. The Morgan fingerprint density at radius 2 is 1.80 bits per heavy atom. The summed E-state index contributed by atoms with van der Waals surface area (Å²) < 4.78 is 53.7. The largest absolute Gasteiger partial charge is 0.433 e. The van der Waals surface area contributed by atoms with Crippen LogP contribution in [0.4, 0.5) is 28.0 Å². The summed E-state index contributed by atoms with van der Waals surface area (Å²) in [6.45, 7) is 1.92. The van der Waals surface area contributed by atoms with Crippen LogP contribution in [0.5, 0.6) is 0 Å². The quantitative estimate of drug-likeness (QED) is 0.734. The van der Waals surface area contributed by atoms with E-state index in [0.717, 1.165) is 10.9 Å². The molecule has 0 atom stereocenters. The molecule has 0 radical (unpaired) electrons. The SMILES string of the molecule is CCn1ncc(C(=O)N2CCC(NC(=O)Nc3ccc(F)cc3)CC2)c1C(F)(F)F. The number of piperidine rings is 1. The zero-order valence-corrected chi connectivity index (χ0v) is 16.2.